The number of hydrogen-bond donors (Lipinski definition) is 2. The quantitative estimate of drug-likeness (QED) is 0.668. The van der Waals surface area contributed by atoms with Gasteiger partial charge in [-0.05, 0) is 31.6 Å². The topological polar surface area (TPSA) is 44.4 Å². The van der Waals surface area contributed by atoms with E-state index < -0.39 is 0 Å². The largest absolute Gasteiger partial charge is 0.342 e. The molecule has 4 nitrogen and oxygen atoms in total. The number of hydrogen-bond acceptors (Lipinski definition) is 3. The molecule has 2 aliphatic heterocycles. The Labute approximate surface area is 90.4 Å². The predicted molar refractivity (Wildman–Crippen MR) is 57.3 cm³/mol. The summed E-state index contributed by atoms with van der Waals surface area (Å²) in [5, 5.41) is 6.20. The first-order valence-corrected chi connectivity index (χ1v) is 6.04. The lowest BCUT2D eigenvalue weighted by molar-refractivity contribution is -0.125. The molecule has 0 atom stereocenters. The molecule has 1 aliphatic carbocycles. The molecule has 0 unspecified atom stereocenters. The minimum absolute atomic E-state index is 0.216. The van der Waals surface area contributed by atoms with Gasteiger partial charge >= 0.3 is 0 Å². The van der Waals surface area contributed by atoms with Crippen LogP contribution in [-0.2, 0) is 4.79 Å². The van der Waals surface area contributed by atoms with Crippen LogP contribution in [0.15, 0.2) is 0 Å². The van der Waals surface area contributed by atoms with E-state index in [4.69, 9.17) is 0 Å². The number of nitrogens with one attached hydrogen (secondary N) is 2. The Kier molecular flexibility index (Phi) is 2.21. The van der Waals surface area contributed by atoms with Crippen LogP contribution in [0.5, 0.6) is 0 Å². The third kappa shape index (κ3) is 1.76. The second-order valence-corrected chi connectivity index (χ2v) is 5.19. The van der Waals surface area contributed by atoms with Crippen molar-refractivity contribution in [1.29, 1.82) is 0 Å². The van der Waals surface area contributed by atoms with Crippen LogP contribution < -0.4 is 10.6 Å². The molecule has 3 fully saturated rings. The molecule has 2 saturated heterocycles. The lowest BCUT2D eigenvalue weighted by Crippen LogP contribution is -2.54. The van der Waals surface area contributed by atoms with Crippen molar-refractivity contribution in [2.24, 2.45) is 5.92 Å². The highest BCUT2D eigenvalue weighted by molar-refractivity contribution is 5.88. The third-order valence-electron chi connectivity index (χ3n) is 4.03. The minimum Gasteiger partial charge on any atom is -0.342 e. The minimum atomic E-state index is -0.222. The number of piperidine rings is 1. The normalized spacial score (nSPS) is 30.8. The fourth-order valence-corrected chi connectivity index (χ4v) is 2.73. The average molecular weight is 209 g/mol. The van der Waals surface area contributed by atoms with Crippen molar-refractivity contribution in [1.82, 2.24) is 15.5 Å². The molecule has 3 aliphatic rings. The summed E-state index contributed by atoms with van der Waals surface area (Å²) in [5.41, 5.74) is -0.222. The van der Waals surface area contributed by atoms with E-state index in [1.54, 1.807) is 0 Å². The zero-order chi connectivity index (χ0) is 10.3. The summed E-state index contributed by atoms with van der Waals surface area (Å²) in [6.07, 6.45) is 4.79. The molecule has 3 rings (SSSR count). The van der Waals surface area contributed by atoms with Gasteiger partial charge < -0.3 is 10.2 Å². The van der Waals surface area contributed by atoms with Gasteiger partial charge in [0.2, 0.25) is 5.91 Å². The van der Waals surface area contributed by atoms with Crippen LogP contribution >= 0.6 is 0 Å². The number of rotatable bonds is 2. The fourth-order valence-electron chi connectivity index (χ4n) is 2.73. The maximum atomic E-state index is 11.7. The predicted octanol–water partition coefficient (Wildman–Crippen LogP) is -0.0921. The van der Waals surface area contributed by atoms with Crippen molar-refractivity contribution >= 4 is 5.91 Å². The molecule has 0 aromatic heterocycles. The van der Waals surface area contributed by atoms with Crippen molar-refractivity contribution in [3.8, 4) is 0 Å². The van der Waals surface area contributed by atoms with Gasteiger partial charge in [-0.1, -0.05) is 0 Å². The number of carbonyl (C=O) groups is 1. The summed E-state index contributed by atoms with van der Waals surface area (Å²) in [4.78, 5) is 14.2. The summed E-state index contributed by atoms with van der Waals surface area (Å²) < 4.78 is 0. The Balaban J connectivity index is 1.57. The Bertz CT molecular complexity index is 267. The maximum Gasteiger partial charge on any atom is 0.241 e. The lowest BCUT2D eigenvalue weighted by atomic mass is 9.87. The molecular weight excluding hydrogens is 190 g/mol. The standard InChI is InChI=1S/C11H19N3O/c15-10-11(13-8-12-10)3-5-14(6-4-11)7-9-1-2-9/h9,13H,1-8H2,(H,12,15). The van der Waals surface area contributed by atoms with Gasteiger partial charge in [0.05, 0.1) is 6.67 Å². The van der Waals surface area contributed by atoms with Crippen molar-refractivity contribution < 1.29 is 4.79 Å². The van der Waals surface area contributed by atoms with E-state index in [0.717, 1.165) is 31.8 Å². The molecule has 2 heterocycles. The Morgan fingerprint density at radius 3 is 2.60 bits per heavy atom. The van der Waals surface area contributed by atoms with Gasteiger partial charge in [-0.3, -0.25) is 10.1 Å². The Hall–Kier alpha value is -0.610. The lowest BCUT2D eigenvalue weighted by Gasteiger charge is -2.37. The molecule has 2 N–H and O–H groups in total. The highest BCUT2D eigenvalue weighted by atomic mass is 16.2. The van der Waals surface area contributed by atoms with Crippen LogP contribution in [0.3, 0.4) is 0 Å². The highest BCUT2D eigenvalue weighted by Crippen LogP contribution is 2.32. The molecule has 84 valence electrons. The molecule has 1 spiro atoms. The second-order valence-electron chi connectivity index (χ2n) is 5.19. The first-order chi connectivity index (χ1) is 7.28. The van der Waals surface area contributed by atoms with Gasteiger partial charge in [-0.15, -0.1) is 0 Å². The number of likely N-dealkylation sites (tertiary alicyclic amines) is 1. The summed E-state index contributed by atoms with van der Waals surface area (Å²) in [6, 6.07) is 0. The molecule has 0 bridgehead atoms. The van der Waals surface area contributed by atoms with Crippen LogP contribution in [0, 0.1) is 5.92 Å². The van der Waals surface area contributed by atoms with Gasteiger partial charge in [0.1, 0.15) is 5.54 Å². The van der Waals surface area contributed by atoms with Gasteiger partial charge in [0.15, 0.2) is 0 Å². The summed E-state index contributed by atoms with van der Waals surface area (Å²) in [6.45, 7) is 4.08. The van der Waals surface area contributed by atoms with Crippen molar-refractivity contribution in [3.63, 3.8) is 0 Å². The van der Waals surface area contributed by atoms with Crippen LogP contribution in [0.25, 0.3) is 0 Å². The maximum absolute atomic E-state index is 11.7. The van der Waals surface area contributed by atoms with Crippen LogP contribution in [-0.4, -0.2) is 42.6 Å². The summed E-state index contributed by atoms with van der Waals surface area (Å²) in [5.74, 6) is 1.18. The molecule has 15 heavy (non-hydrogen) atoms. The van der Waals surface area contributed by atoms with Crippen molar-refractivity contribution in [3.05, 3.63) is 0 Å². The summed E-state index contributed by atoms with van der Waals surface area (Å²) >= 11 is 0. The van der Waals surface area contributed by atoms with E-state index in [-0.39, 0.29) is 11.4 Å². The SMILES string of the molecule is O=C1NCNC12CCN(CC1CC1)CC2. The van der Waals surface area contributed by atoms with Gasteiger partial charge in [-0.2, -0.15) is 0 Å². The fraction of sp³-hybridized carbons (Fsp3) is 0.909. The Morgan fingerprint density at radius 1 is 1.33 bits per heavy atom. The van der Waals surface area contributed by atoms with Gasteiger partial charge in [0.25, 0.3) is 0 Å². The first-order valence-electron chi connectivity index (χ1n) is 6.04. The van der Waals surface area contributed by atoms with Gasteiger partial charge in [0, 0.05) is 19.6 Å². The zero-order valence-corrected chi connectivity index (χ0v) is 9.09. The molecule has 0 aromatic carbocycles. The Morgan fingerprint density at radius 2 is 2.07 bits per heavy atom. The number of carbonyl (C=O) groups excluding carboxylic acids is 1. The number of nitrogens with zero attached hydrogens (tertiary/aromatic N) is 1. The van der Waals surface area contributed by atoms with Crippen LogP contribution in [0.2, 0.25) is 0 Å². The van der Waals surface area contributed by atoms with Crippen molar-refractivity contribution in [2.75, 3.05) is 26.3 Å². The van der Waals surface area contributed by atoms with E-state index in [9.17, 15) is 4.79 Å². The van der Waals surface area contributed by atoms with E-state index in [1.807, 2.05) is 0 Å². The van der Waals surface area contributed by atoms with E-state index in [1.165, 1.54) is 19.4 Å². The molecule has 4 heteroatoms. The van der Waals surface area contributed by atoms with Crippen molar-refractivity contribution in [2.45, 2.75) is 31.2 Å². The molecule has 1 saturated carbocycles. The van der Waals surface area contributed by atoms with E-state index in [2.05, 4.69) is 15.5 Å². The summed E-state index contributed by atoms with van der Waals surface area (Å²) in [7, 11) is 0. The van der Waals surface area contributed by atoms with Crippen LogP contribution in [0.4, 0.5) is 0 Å². The van der Waals surface area contributed by atoms with Crippen LogP contribution in [0.1, 0.15) is 25.7 Å². The van der Waals surface area contributed by atoms with E-state index in [0.29, 0.717) is 6.67 Å². The number of amides is 1. The first kappa shape index (κ1) is 9.60. The molecule has 0 aromatic rings. The molecule has 0 radical (unpaired) electrons. The monoisotopic (exact) mass is 209 g/mol. The van der Waals surface area contributed by atoms with E-state index >= 15 is 0 Å². The smallest absolute Gasteiger partial charge is 0.241 e. The molecular formula is C11H19N3O. The average Bonchev–Trinajstić information content (AvgIpc) is 2.99. The molecule has 1 amide bonds. The third-order valence-corrected chi connectivity index (χ3v) is 4.03. The zero-order valence-electron chi connectivity index (χ0n) is 9.09. The highest BCUT2D eigenvalue weighted by Gasteiger charge is 2.44. The van der Waals surface area contributed by atoms with Gasteiger partial charge in [-0.25, -0.2) is 0 Å². The second kappa shape index (κ2) is 3.46.